The van der Waals surface area contributed by atoms with Gasteiger partial charge in [-0.05, 0) is 11.4 Å². The van der Waals surface area contributed by atoms with Crippen molar-refractivity contribution in [1.82, 2.24) is 14.8 Å². The van der Waals surface area contributed by atoms with Crippen LogP contribution in [0.3, 0.4) is 0 Å². The molecular formula is C17H23N3O2S. The first-order valence-corrected chi connectivity index (χ1v) is 8.82. The van der Waals surface area contributed by atoms with E-state index in [1.54, 1.807) is 0 Å². The Kier molecular flexibility index (Phi) is 4.55. The number of carbonyl (C=O) groups is 1. The second-order valence-corrected chi connectivity index (χ2v) is 7.86. The fraction of sp³-hybridized carbons (Fsp3) is 0.529. The molecule has 0 bridgehead atoms. The first-order chi connectivity index (χ1) is 10.9. The average molecular weight is 333 g/mol. The number of hydrogen-bond acceptors (Lipinski definition) is 5. The van der Waals surface area contributed by atoms with Crippen LogP contribution in [0, 0.1) is 0 Å². The highest BCUT2D eigenvalue weighted by Gasteiger charge is 2.24. The van der Waals surface area contributed by atoms with Crippen molar-refractivity contribution in [2.75, 3.05) is 26.2 Å². The van der Waals surface area contributed by atoms with Crippen molar-refractivity contribution >= 4 is 17.2 Å². The van der Waals surface area contributed by atoms with Crippen molar-refractivity contribution in [2.24, 2.45) is 0 Å². The van der Waals surface area contributed by atoms with Crippen molar-refractivity contribution in [2.45, 2.75) is 32.7 Å². The molecule has 2 aromatic heterocycles. The Labute approximate surface area is 140 Å². The molecule has 23 heavy (non-hydrogen) atoms. The number of aromatic nitrogens is 1. The maximum atomic E-state index is 12.3. The summed E-state index contributed by atoms with van der Waals surface area (Å²) in [7, 11) is 0. The van der Waals surface area contributed by atoms with Crippen LogP contribution in [0.5, 0.6) is 0 Å². The third-order valence-electron chi connectivity index (χ3n) is 4.04. The van der Waals surface area contributed by atoms with Gasteiger partial charge < -0.3 is 9.32 Å². The standard InChI is InChI=1S/C17H23N3O2S/c1-17(2,3)14-11-18-15(22-14)12-19-6-8-20(9-7-19)16(21)13-5-4-10-23-13/h4-5,10-11H,6-9,12H2,1-3H3. The summed E-state index contributed by atoms with van der Waals surface area (Å²) in [4.78, 5) is 21.7. The lowest BCUT2D eigenvalue weighted by atomic mass is 9.94. The van der Waals surface area contributed by atoms with Crippen LogP contribution in [0.15, 0.2) is 28.1 Å². The largest absolute Gasteiger partial charge is 0.444 e. The molecule has 0 atom stereocenters. The summed E-state index contributed by atoms with van der Waals surface area (Å²) >= 11 is 1.50. The van der Waals surface area contributed by atoms with Crippen molar-refractivity contribution in [1.29, 1.82) is 0 Å². The van der Waals surface area contributed by atoms with Gasteiger partial charge in [0.1, 0.15) is 5.76 Å². The van der Waals surface area contributed by atoms with Gasteiger partial charge in [0.2, 0.25) is 5.89 Å². The van der Waals surface area contributed by atoms with E-state index in [0.29, 0.717) is 6.54 Å². The first kappa shape index (κ1) is 16.2. The van der Waals surface area contributed by atoms with E-state index in [9.17, 15) is 4.79 Å². The topological polar surface area (TPSA) is 49.6 Å². The van der Waals surface area contributed by atoms with Gasteiger partial charge in [-0.1, -0.05) is 26.8 Å². The molecule has 0 radical (unpaired) electrons. The first-order valence-electron chi connectivity index (χ1n) is 7.94. The number of amides is 1. The predicted octanol–water partition coefficient (Wildman–Crippen LogP) is 2.99. The zero-order valence-electron chi connectivity index (χ0n) is 13.9. The summed E-state index contributed by atoms with van der Waals surface area (Å²) < 4.78 is 5.85. The number of rotatable bonds is 3. The summed E-state index contributed by atoms with van der Waals surface area (Å²) in [5, 5.41) is 1.94. The molecule has 0 saturated carbocycles. The van der Waals surface area contributed by atoms with Crippen LogP contribution in [0.2, 0.25) is 0 Å². The normalized spacial score (nSPS) is 16.7. The van der Waals surface area contributed by atoms with Crippen LogP contribution >= 0.6 is 11.3 Å². The zero-order valence-corrected chi connectivity index (χ0v) is 14.7. The molecule has 3 rings (SSSR count). The highest BCUT2D eigenvalue weighted by Crippen LogP contribution is 2.23. The quantitative estimate of drug-likeness (QED) is 0.866. The molecule has 0 N–H and O–H groups in total. The van der Waals surface area contributed by atoms with Gasteiger partial charge in [0.05, 0.1) is 17.6 Å². The molecule has 0 spiro atoms. The molecule has 1 fully saturated rings. The number of oxazole rings is 1. The van der Waals surface area contributed by atoms with Gasteiger partial charge in [0.15, 0.2) is 0 Å². The Hall–Kier alpha value is -1.66. The molecule has 1 amide bonds. The lowest BCUT2D eigenvalue weighted by molar-refractivity contribution is 0.0621. The molecule has 2 aromatic rings. The molecule has 3 heterocycles. The second-order valence-electron chi connectivity index (χ2n) is 6.91. The Balaban J connectivity index is 1.53. The average Bonchev–Trinajstić information content (AvgIpc) is 3.18. The molecule has 1 saturated heterocycles. The Morgan fingerprint density at radius 2 is 2.04 bits per heavy atom. The number of nitrogens with zero attached hydrogens (tertiary/aromatic N) is 3. The maximum Gasteiger partial charge on any atom is 0.264 e. The molecule has 0 aliphatic carbocycles. The van der Waals surface area contributed by atoms with Gasteiger partial charge in [0, 0.05) is 31.6 Å². The van der Waals surface area contributed by atoms with E-state index in [1.165, 1.54) is 11.3 Å². The molecule has 1 aliphatic rings. The van der Waals surface area contributed by atoms with E-state index in [2.05, 4.69) is 30.7 Å². The third kappa shape index (κ3) is 3.82. The van der Waals surface area contributed by atoms with Gasteiger partial charge in [-0.2, -0.15) is 0 Å². The van der Waals surface area contributed by atoms with E-state index in [-0.39, 0.29) is 11.3 Å². The molecular weight excluding hydrogens is 310 g/mol. The molecule has 0 aromatic carbocycles. The van der Waals surface area contributed by atoms with Crippen molar-refractivity contribution < 1.29 is 9.21 Å². The van der Waals surface area contributed by atoms with Gasteiger partial charge in [-0.15, -0.1) is 11.3 Å². The monoisotopic (exact) mass is 333 g/mol. The fourth-order valence-corrected chi connectivity index (χ4v) is 3.28. The number of hydrogen-bond donors (Lipinski definition) is 0. The zero-order chi connectivity index (χ0) is 16.4. The number of carbonyl (C=O) groups excluding carboxylic acids is 1. The van der Waals surface area contributed by atoms with Gasteiger partial charge >= 0.3 is 0 Å². The van der Waals surface area contributed by atoms with E-state index >= 15 is 0 Å². The summed E-state index contributed by atoms with van der Waals surface area (Å²) in [6.45, 7) is 10.3. The van der Waals surface area contributed by atoms with Crippen LogP contribution < -0.4 is 0 Å². The predicted molar refractivity (Wildman–Crippen MR) is 90.7 cm³/mol. The van der Waals surface area contributed by atoms with E-state index in [4.69, 9.17) is 4.42 Å². The van der Waals surface area contributed by atoms with Crippen LogP contribution in [-0.2, 0) is 12.0 Å². The SMILES string of the molecule is CC(C)(C)c1cnc(CN2CCN(C(=O)c3cccs3)CC2)o1. The molecule has 0 unspecified atom stereocenters. The van der Waals surface area contributed by atoms with Crippen molar-refractivity contribution in [3.63, 3.8) is 0 Å². The second kappa shape index (κ2) is 6.45. The Morgan fingerprint density at radius 3 is 2.61 bits per heavy atom. The summed E-state index contributed by atoms with van der Waals surface area (Å²) in [6, 6.07) is 3.81. The minimum absolute atomic E-state index is 0.0168. The highest BCUT2D eigenvalue weighted by atomic mass is 32.1. The third-order valence-corrected chi connectivity index (χ3v) is 4.90. The summed E-state index contributed by atoms with van der Waals surface area (Å²) in [5.41, 5.74) is -0.0168. The van der Waals surface area contributed by atoms with Gasteiger partial charge in [0.25, 0.3) is 5.91 Å². The molecule has 5 nitrogen and oxygen atoms in total. The van der Waals surface area contributed by atoms with E-state index < -0.39 is 0 Å². The fourth-order valence-electron chi connectivity index (χ4n) is 2.59. The Bertz CT molecular complexity index is 650. The summed E-state index contributed by atoms with van der Waals surface area (Å²) in [6.07, 6.45) is 1.83. The highest BCUT2D eigenvalue weighted by molar-refractivity contribution is 7.12. The smallest absolute Gasteiger partial charge is 0.264 e. The lowest BCUT2D eigenvalue weighted by Crippen LogP contribution is -2.48. The molecule has 6 heteroatoms. The molecule has 124 valence electrons. The van der Waals surface area contributed by atoms with Crippen molar-refractivity contribution in [3.8, 4) is 0 Å². The lowest BCUT2D eigenvalue weighted by Gasteiger charge is -2.33. The van der Waals surface area contributed by atoms with Crippen LogP contribution in [-0.4, -0.2) is 46.9 Å². The molecule has 1 aliphatic heterocycles. The van der Waals surface area contributed by atoms with E-state index in [1.807, 2.05) is 28.6 Å². The van der Waals surface area contributed by atoms with Crippen molar-refractivity contribution in [3.05, 3.63) is 40.2 Å². The summed E-state index contributed by atoms with van der Waals surface area (Å²) in [5.74, 6) is 1.82. The van der Waals surface area contributed by atoms with E-state index in [0.717, 1.165) is 42.7 Å². The van der Waals surface area contributed by atoms with Gasteiger partial charge in [-0.25, -0.2) is 4.98 Å². The van der Waals surface area contributed by atoms with Crippen LogP contribution in [0.4, 0.5) is 0 Å². The van der Waals surface area contributed by atoms with Crippen LogP contribution in [0.25, 0.3) is 0 Å². The minimum Gasteiger partial charge on any atom is -0.444 e. The number of piperazine rings is 1. The maximum absolute atomic E-state index is 12.3. The minimum atomic E-state index is -0.0168. The number of thiophene rings is 1. The van der Waals surface area contributed by atoms with Gasteiger partial charge in [-0.3, -0.25) is 9.69 Å². The Morgan fingerprint density at radius 1 is 1.30 bits per heavy atom. The van der Waals surface area contributed by atoms with Crippen LogP contribution in [0.1, 0.15) is 42.1 Å².